The molecule has 0 N–H and O–H groups in total. The number of nitrogens with zero attached hydrogens (tertiary/aromatic N) is 1. The van der Waals surface area contributed by atoms with Crippen molar-refractivity contribution in [2.75, 3.05) is 11.5 Å². The van der Waals surface area contributed by atoms with E-state index in [2.05, 4.69) is 24.9 Å². The van der Waals surface area contributed by atoms with E-state index in [1.54, 1.807) is 11.8 Å². The van der Waals surface area contributed by atoms with Crippen molar-refractivity contribution in [2.24, 2.45) is 0 Å². The molecule has 2 nitrogen and oxygen atoms in total. The van der Waals surface area contributed by atoms with Crippen LogP contribution in [0.3, 0.4) is 0 Å². The molecule has 0 aliphatic carbocycles. The summed E-state index contributed by atoms with van der Waals surface area (Å²) in [6.07, 6.45) is 4.46. The number of carbonyl (C=O) groups is 1. The van der Waals surface area contributed by atoms with Gasteiger partial charge in [-0.2, -0.15) is 11.8 Å². The fourth-order valence-electron chi connectivity index (χ4n) is 1.35. The third kappa shape index (κ3) is 4.79. The molecule has 0 aliphatic heterocycles. The fourth-order valence-corrected chi connectivity index (χ4v) is 2.11. The van der Waals surface area contributed by atoms with Gasteiger partial charge in [0.05, 0.1) is 5.75 Å². The Kier molecular flexibility index (Phi) is 6.16. The molecular weight excluding hydrogens is 218 g/mol. The molecule has 0 spiro atoms. The molecule has 0 saturated heterocycles. The fraction of sp³-hybridized carbons (Fsp3) is 0.538. The van der Waals surface area contributed by atoms with Gasteiger partial charge in [-0.05, 0) is 30.2 Å². The van der Waals surface area contributed by atoms with Gasteiger partial charge in [0.25, 0.3) is 0 Å². The van der Waals surface area contributed by atoms with Crippen LogP contribution < -0.4 is 0 Å². The largest absolute Gasteiger partial charge is 0.298 e. The van der Waals surface area contributed by atoms with Gasteiger partial charge < -0.3 is 0 Å². The highest BCUT2D eigenvalue weighted by atomic mass is 32.2. The minimum atomic E-state index is 0.273. The molecule has 1 aromatic rings. The number of carbonyl (C=O) groups excluding carboxylic acids is 1. The van der Waals surface area contributed by atoms with E-state index >= 15 is 0 Å². The number of rotatable bonds is 7. The van der Waals surface area contributed by atoms with E-state index in [1.807, 2.05) is 12.3 Å². The summed E-state index contributed by atoms with van der Waals surface area (Å²) in [4.78, 5) is 15.9. The van der Waals surface area contributed by atoms with Gasteiger partial charge in [0.2, 0.25) is 0 Å². The highest BCUT2D eigenvalue weighted by Gasteiger charge is 2.04. The zero-order valence-corrected chi connectivity index (χ0v) is 10.8. The van der Waals surface area contributed by atoms with Gasteiger partial charge in [-0.1, -0.05) is 19.9 Å². The summed E-state index contributed by atoms with van der Waals surface area (Å²) in [7, 11) is 0. The average molecular weight is 237 g/mol. The third-order valence-electron chi connectivity index (χ3n) is 2.28. The maximum Gasteiger partial charge on any atom is 0.148 e. The van der Waals surface area contributed by atoms with Gasteiger partial charge in [0.1, 0.15) is 5.78 Å². The van der Waals surface area contributed by atoms with Crippen LogP contribution in [0.5, 0.6) is 0 Å². The Morgan fingerprint density at radius 2 is 2.19 bits per heavy atom. The van der Waals surface area contributed by atoms with Gasteiger partial charge >= 0.3 is 0 Å². The Bertz CT molecular complexity index is 321. The van der Waals surface area contributed by atoms with Gasteiger partial charge in [-0.3, -0.25) is 9.78 Å². The van der Waals surface area contributed by atoms with E-state index in [9.17, 15) is 4.79 Å². The number of hydrogen-bond acceptors (Lipinski definition) is 3. The summed E-state index contributed by atoms with van der Waals surface area (Å²) in [6.45, 7) is 4.23. The Balaban J connectivity index is 2.37. The second-order valence-corrected chi connectivity index (χ2v) is 4.88. The predicted molar refractivity (Wildman–Crippen MR) is 69.9 cm³/mol. The number of thioether (sulfide) groups is 1. The molecule has 1 rings (SSSR count). The van der Waals surface area contributed by atoms with Gasteiger partial charge in [0.15, 0.2) is 0 Å². The van der Waals surface area contributed by atoms with Crippen LogP contribution in [-0.4, -0.2) is 22.3 Å². The second kappa shape index (κ2) is 7.44. The van der Waals surface area contributed by atoms with Crippen molar-refractivity contribution in [3.63, 3.8) is 0 Å². The SMILES string of the molecule is CCCSCC(=O)Cc1ccc(CC)cn1. The maximum absolute atomic E-state index is 11.6. The Morgan fingerprint density at radius 1 is 1.38 bits per heavy atom. The normalized spacial score (nSPS) is 10.4. The highest BCUT2D eigenvalue weighted by Crippen LogP contribution is 2.06. The molecule has 3 heteroatoms. The van der Waals surface area contributed by atoms with E-state index in [-0.39, 0.29) is 5.78 Å². The van der Waals surface area contributed by atoms with Crippen LogP contribution in [0.1, 0.15) is 31.5 Å². The molecule has 0 radical (unpaired) electrons. The topological polar surface area (TPSA) is 30.0 Å². The van der Waals surface area contributed by atoms with Crippen LogP contribution in [0, 0.1) is 0 Å². The van der Waals surface area contributed by atoms with Crippen molar-refractivity contribution in [1.82, 2.24) is 4.98 Å². The third-order valence-corrected chi connectivity index (χ3v) is 3.51. The van der Waals surface area contributed by atoms with Crippen molar-refractivity contribution in [3.05, 3.63) is 29.6 Å². The molecule has 0 unspecified atom stereocenters. The van der Waals surface area contributed by atoms with Crippen molar-refractivity contribution < 1.29 is 4.79 Å². The number of pyridine rings is 1. The van der Waals surface area contributed by atoms with Gasteiger partial charge in [-0.25, -0.2) is 0 Å². The Morgan fingerprint density at radius 3 is 2.75 bits per heavy atom. The molecule has 88 valence electrons. The lowest BCUT2D eigenvalue weighted by atomic mass is 10.1. The standard InChI is InChI=1S/C13H19NOS/c1-3-7-16-10-13(15)8-12-6-5-11(4-2)9-14-12/h5-6,9H,3-4,7-8,10H2,1-2H3. The minimum absolute atomic E-state index is 0.273. The first-order chi connectivity index (χ1) is 7.76. The number of ketones is 1. The first kappa shape index (κ1) is 13.2. The molecule has 0 saturated carbocycles. The zero-order valence-electron chi connectivity index (χ0n) is 10.0. The molecule has 0 bridgehead atoms. The van der Waals surface area contributed by atoms with Crippen LogP contribution in [0.2, 0.25) is 0 Å². The summed E-state index contributed by atoms with van der Waals surface area (Å²) < 4.78 is 0. The molecular formula is C13H19NOS. The van der Waals surface area contributed by atoms with Crippen LogP contribution in [0.15, 0.2) is 18.3 Å². The lowest BCUT2D eigenvalue weighted by Gasteiger charge is -2.01. The molecule has 0 atom stereocenters. The molecule has 16 heavy (non-hydrogen) atoms. The van der Waals surface area contributed by atoms with Crippen LogP contribution in [0.4, 0.5) is 0 Å². The number of aryl methyl sites for hydroxylation is 1. The number of aromatic nitrogens is 1. The molecule has 0 amide bonds. The van der Waals surface area contributed by atoms with Crippen LogP contribution >= 0.6 is 11.8 Å². The highest BCUT2D eigenvalue weighted by molar-refractivity contribution is 7.99. The first-order valence-corrected chi connectivity index (χ1v) is 6.95. The predicted octanol–water partition coefficient (Wildman–Crippen LogP) is 2.90. The zero-order chi connectivity index (χ0) is 11.8. The smallest absolute Gasteiger partial charge is 0.148 e. The van der Waals surface area contributed by atoms with Crippen molar-refractivity contribution in [1.29, 1.82) is 0 Å². The minimum Gasteiger partial charge on any atom is -0.298 e. The van der Waals surface area contributed by atoms with Crippen LogP contribution in [0.25, 0.3) is 0 Å². The number of Topliss-reactive ketones (excluding diaryl/α,β-unsaturated/α-hetero) is 1. The maximum atomic E-state index is 11.6. The number of hydrogen-bond donors (Lipinski definition) is 0. The van der Waals surface area contributed by atoms with E-state index in [0.29, 0.717) is 12.2 Å². The quantitative estimate of drug-likeness (QED) is 0.683. The van der Waals surface area contributed by atoms with E-state index < -0.39 is 0 Å². The summed E-state index contributed by atoms with van der Waals surface area (Å²) in [5, 5.41) is 0. The monoisotopic (exact) mass is 237 g/mol. The van der Waals surface area contributed by atoms with Crippen molar-refractivity contribution in [2.45, 2.75) is 33.1 Å². The molecule has 0 aromatic carbocycles. The van der Waals surface area contributed by atoms with Crippen molar-refractivity contribution in [3.8, 4) is 0 Å². The summed E-state index contributed by atoms with van der Waals surface area (Å²) in [5.74, 6) is 1.95. The summed E-state index contributed by atoms with van der Waals surface area (Å²) >= 11 is 1.71. The van der Waals surface area contributed by atoms with Crippen LogP contribution in [-0.2, 0) is 17.6 Å². The average Bonchev–Trinajstić information content (AvgIpc) is 2.30. The Labute approximate surface area is 102 Å². The van der Waals surface area contributed by atoms with E-state index in [0.717, 1.165) is 24.3 Å². The van der Waals surface area contributed by atoms with E-state index in [4.69, 9.17) is 0 Å². The van der Waals surface area contributed by atoms with Gasteiger partial charge in [0, 0.05) is 18.3 Å². The first-order valence-electron chi connectivity index (χ1n) is 5.79. The van der Waals surface area contributed by atoms with Gasteiger partial charge in [-0.15, -0.1) is 0 Å². The lowest BCUT2D eigenvalue weighted by Crippen LogP contribution is -2.07. The van der Waals surface area contributed by atoms with E-state index in [1.165, 1.54) is 5.56 Å². The molecule has 0 aliphatic rings. The molecule has 1 aromatic heterocycles. The Hall–Kier alpha value is -0.830. The van der Waals surface area contributed by atoms with Crippen molar-refractivity contribution >= 4 is 17.5 Å². The lowest BCUT2D eigenvalue weighted by molar-refractivity contribution is -0.116. The summed E-state index contributed by atoms with van der Waals surface area (Å²) in [5.41, 5.74) is 2.11. The summed E-state index contributed by atoms with van der Waals surface area (Å²) in [6, 6.07) is 4.01. The second-order valence-electron chi connectivity index (χ2n) is 3.78. The molecule has 1 heterocycles. The molecule has 0 fully saturated rings.